The summed E-state index contributed by atoms with van der Waals surface area (Å²) in [5.74, 6) is 1.79. The van der Waals surface area contributed by atoms with E-state index in [1.165, 1.54) is 6.42 Å². The molecule has 102 valence electrons. The van der Waals surface area contributed by atoms with Crippen LogP contribution in [0.2, 0.25) is 0 Å². The maximum absolute atomic E-state index is 4.21. The molecule has 0 aromatic carbocycles. The number of aromatic nitrogens is 2. The van der Waals surface area contributed by atoms with E-state index in [-0.39, 0.29) is 0 Å². The molecule has 1 aromatic heterocycles. The third-order valence-electron chi connectivity index (χ3n) is 2.59. The fourth-order valence-corrected chi connectivity index (χ4v) is 1.56. The van der Waals surface area contributed by atoms with Crippen molar-refractivity contribution in [2.24, 2.45) is 0 Å². The van der Waals surface area contributed by atoms with Crippen molar-refractivity contribution < 1.29 is 0 Å². The van der Waals surface area contributed by atoms with Gasteiger partial charge >= 0.3 is 0 Å². The molecule has 2 N–H and O–H groups in total. The largest absolute Gasteiger partial charge is 0.370 e. The predicted molar refractivity (Wildman–Crippen MR) is 77.1 cm³/mol. The number of hydrogen-bond donors (Lipinski definition) is 2. The Morgan fingerprint density at radius 2 is 1.67 bits per heavy atom. The number of hydrogen-bond acceptors (Lipinski definition) is 5. The minimum atomic E-state index is 0.891. The van der Waals surface area contributed by atoms with Gasteiger partial charge in [-0.2, -0.15) is 0 Å². The van der Waals surface area contributed by atoms with Crippen molar-refractivity contribution in [3.05, 3.63) is 12.4 Å². The number of rotatable bonds is 9. The topological polar surface area (TPSA) is 53.1 Å². The van der Waals surface area contributed by atoms with Crippen LogP contribution in [-0.4, -0.2) is 48.6 Å². The lowest BCUT2D eigenvalue weighted by Crippen LogP contribution is -2.16. The van der Waals surface area contributed by atoms with Crippen LogP contribution in [-0.2, 0) is 0 Å². The first-order valence-corrected chi connectivity index (χ1v) is 6.67. The van der Waals surface area contributed by atoms with Crippen LogP contribution in [0.4, 0.5) is 11.6 Å². The minimum absolute atomic E-state index is 0.891. The lowest BCUT2D eigenvalue weighted by atomic mass is 10.3. The lowest BCUT2D eigenvalue weighted by molar-refractivity contribution is 0.405. The Morgan fingerprint density at radius 3 is 2.22 bits per heavy atom. The molecule has 0 spiro atoms. The molecule has 0 bridgehead atoms. The van der Waals surface area contributed by atoms with Gasteiger partial charge in [-0.1, -0.05) is 13.3 Å². The Kier molecular flexibility index (Phi) is 7.10. The van der Waals surface area contributed by atoms with Gasteiger partial charge in [0.1, 0.15) is 18.0 Å². The van der Waals surface area contributed by atoms with Crippen molar-refractivity contribution in [3.63, 3.8) is 0 Å². The summed E-state index contributed by atoms with van der Waals surface area (Å²) in [7, 11) is 4.17. The molecule has 1 aromatic rings. The summed E-state index contributed by atoms with van der Waals surface area (Å²) in [5, 5.41) is 6.61. The summed E-state index contributed by atoms with van der Waals surface area (Å²) in [5.41, 5.74) is 0. The van der Waals surface area contributed by atoms with Crippen molar-refractivity contribution in [1.29, 1.82) is 0 Å². The van der Waals surface area contributed by atoms with Crippen LogP contribution in [0.5, 0.6) is 0 Å². The summed E-state index contributed by atoms with van der Waals surface area (Å²) in [6.45, 7) is 5.16. The molecule has 1 rings (SSSR count). The van der Waals surface area contributed by atoms with Crippen molar-refractivity contribution in [2.45, 2.75) is 26.2 Å². The van der Waals surface area contributed by atoms with Crippen LogP contribution in [0.1, 0.15) is 26.2 Å². The molecule has 0 fully saturated rings. The molecular formula is C13H25N5. The van der Waals surface area contributed by atoms with Crippen LogP contribution in [0, 0.1) is 0 Å². The van der Waals surface area contributed by atoms with Gasteiger partial charge in [0.05, 0.1) is 0 Å². The highest BCUT2D eigenvalue weighted by Gasteiger charge is 1.98. The van der Waals surface area contributed by atoms with Gasteiger partial charge in [0.15, 0.2) is 0 Å². The highest BCUT2D eigenvalue weighted by atomic mass is 15.1. The van der Waals surface area contributed by atoms with Gasteiger partial charge in [-0.15, -0.1) is 0 Å². The Bertz CT molecular complexity index is 327. The average Bonchev–Trinajstić information content (AvgIpc) is 2.35. The Hall–Kier alpha value is -1.36. The first-order chi connectivity index (χ1) is 8.72. The van der Waals surface area contributed by atoms with Crippen LogP contribution in [0.25, 0.3) is 0 Å². The van der Waals surface area contributed by atoms with E-state index >= 15 is 0 Å². The molecular weight excluding hydrogens is 226 g/mol. The van der Waals surface area contributed by atoms with Gasteiger partial charge in [-0.3, -0.25) is 0 Å². The van der Waals surface area contributed by atoms with E-state index in [2.05, 4.69) is 46.5 Å². The summed E-state index contributed by atoms with van der Waals surface area (Å²) < 4.78 is 0. The molecule has 0 aliphatic carbocycles. The average molecular weight is 251 g/mol. The fourth-order valence-electron chi connectivity index (χ4n) is 1.56. The minimum Gasteiger partial charge on any atom is -0.370 e. The van der Waals surface area contributed by atoms with Crippen molar-refractivity contribution >= 4 is 11.6 Å². The zero-order valence-corrected chi connectivity index (χ0v) is 11.7. The smallest absolute Gasteiger partial charge is 0.131 e. The zero-order chi connectivity index (χ0) is 13.2. The quantitative estimate of drug-likeness (QED) is 0.658. The molecule has 0 saturated carbocycles. The SMILES string of the molecule is CCCCNc1cc(NCCCN(C)C)ncn1. The van der Waals surface area contributed by atoms with Gasteiger partial charge in [0.25, 0.3) is 0 Å². The lowest BCUT2D eigenvalue weighted by Gasteiger charge is -2.11. The van der Waals surface area contributed by atoms with E-state index in [1.54, 1.807) is 6.33 Å². The third-order valence-corrected chi connectivity index (χ3v) is 2.59. The first kappa shape index (κ1) is 14.7. The molecule has 0 aliphatic heterocycles. The number of anilines is 2. The van der Waals surface area contributed by atoms with Crippen molar-refractivity contribution in [2.75, 3.05) is 44.4 Å². The second-order valence-electron chi connectivity index (χ2n) is 4.65. The molecule has 5 nitrogen and oxygen atoms in total. The van der Waals surface area contributed by atoms with E-state index in [1.807, 2.05) is 6.07 Å². The van der Waals surface area contributed by atoms with E-state index in [4.69, 9.17) is 0 Å². The summed E-state index contributed by atoms with van der Waals surface area (Å²) in [4.78, 5) is 10.6. The molecule has 0 amide bonds. The van der Waals surface area contributed by atoms with E-state index in [9.17, 15) is 0 Å². The molecule has 1 heterocycles. The predicted octanol–water partition coefficient (Wildman–Crippen LogP) is 2.05. The van der Waals surface area contributed by atoms with Gasteiger partial charge in [0, 0.05) is 19.2 Å². The standard InChI is InChI=1S/C13H25N5/c1-4-5-7-14-12-10-13(17-11-16-12)15-8-6-9-18(2)3/h10-11H,4-9H2,1-3H3,(H2,14,15,16,17). The number of nitrogens with one attached hydrogen (secondary N) is 2. The van der Waals surface area contributed by atoms with Gasteiger partial charge in [-0.25, -0.2) is 9.97 Å². The summed E-state index contributed by atoms with van der Waals surface area (Å²) in [6, 6.07) is 1.96. The summed E-state index contributed by atoms with van der Waals surface area (Å²) >= 11 is 0. The maximum Gasteiger partial charge on any atom is 0.131 e. The normalized spacial score (nSPS) is 10.7. The van der Waals surface area contributed by atoms with E-state index in [0.29, 0.717) is 0 Å². The molecule has 0 radical (unpaired) electrons. The first-order valence-electron chi connectivity index (χ1n) is 6.67. The Labute approximate surface area is 110 Å². The Balaban J connectivity index is 2.30. The molecule has 0 unspecified atom stereocenters. The molecule has 5 heteroatoms. The molecule has 18 heavy (non-hydrogen) atoms. The fraction of sp³-hybridized carbons (Fsp3) is 0.692. The summed E-state index contributed by atoms with van der Waals surface area (Å²) in [6.07, 6.45) is 5.06. The highest BCUT2D eigenvalue weighted by molar-refractivity contribution is 5.46. The second-order valence-corrected chi connectivity index (χ2v) is 4.65. The van der Waals surface area contributed by atoms with Crippen molar-refractivity contribution in [3.8, 4) is 0 Å². The van der Waals surface area contributed by atoms with Gasteiger partial charge in [-0.05, 0) is 33.5 Å². The number of unbranched alkanes of at least 4 members (excludes halogenated alkanes) is 1. The van der Waals surface area contributed by atoms with Crippen LogP contribution in [0.3, 0.4) is 0 Å². The molecule has 0 atom stereocenters. The van der Waals surface area contributed by atoms with E-state index in [0.717, 1.165) is 44.1 Å². The van der Waals surface area contributed by atoms with Gasteiger partial charge < -0.3 is 15.5 Å². The maximum atomic E-state index is 4.21. The van der Waals surface area contributed by atoms with Gasteiger partial charge in [0.2, 0.25) is 0 Å². The molecule has 0 aliphatic rings. The molecule has 0 saturated heterocycles. The van der Waals surface area contributed by atoms with Crippen LogP contribution >= 0.6 is 0 Å². The highest BCUT2D eigenvalue weighted by Crippen LogP contribution is 2.08. The van der Waals surface area contributed by atoms with Crippen LogP contribution < -0.4 is 10.6 Å². The monoisotopic (exact) mass is 251 g/mol. The third kappa shape index (κ3) is 6.39. The van der Waals surface area contributed by atoms with E-state index < -0.39 is 0 Å². The van der Waals surface area contributed by atoms with Crippen molar-refractivity contribution in [1.82, 2.24) is 14.9 Å². The van der Waals surface area contributed by atoms with Crippen LogP contribution in [0.15, 0.2) is 12.4 Å². The zero-order valence-electron chi connectivity index (χ0n) is 11.7. The Morgan fingerprint density at radius 1 is 1.06 bits per heavy atom. The number of nitrogens with zero attached hydrogens (tertiary/aromatic N) is 3. The second kappa shape index (κ2) is 8.69.